The van der Waals surface area contributed by atoms with Gasteiger partial charge in [-0.25, -0.2) is 4.79 Å². The first-order chi connectivity index (χ1) is 9.33. The number of amides is 2. The van der Waals surface area contributed by atoms with Crippen LogP contribution in [0.4, 0.5) is 23.7 Å². The molecular weight excluding hydrogens is 327 g/mol. The number of thioether (sulfide) groups is 1. The Bertz CT molecular complexity index is 501. The standard InChI is InChI=1S/C12H14F3N3OS.ClH/c13-12(14,15)20-10-3-1-2-9(6-10)17-11(19)18-5-4-8(16)7-18;/h1-3,6,8H,4-5,7,16H2,(H,17,19);1H. The molecule has 1 aliphatic heterocycles. The lowest BCUT2D eigenvalue weighted by Gasteiger charge is -2.17. The van der Waals surface area contributed by atoms with Crippen LogP contribution in [-0.4, -0.2) is 35.6 Å². The number of carbonyl (C=O) groups excluding carboxylic acids is 1. The number of hydrogen-bond donors (Lipinski definition) is 2. The van der Waals surface area contributed by atoms with Crippen LogP contribution in [0.25, 0.3) is 0 Å². The van der Waals surface area contributed by atoms with Gasteiger partial charge >= 0.3 is 11.5 Å². The van der Waals surface area contributed by atoms with Crippen LogP contribution in [0.2, 0.25) is 0 Å². The maximum absolute atomic E-state index is 12.3. The van der Waals surface area contributed by atoms with E-state index in [2.05, 4.69) is 5.32 Å². The first-order valence-electron chi connectivity index (χ1n) is 6.01. The number of alkyl halides is 3. The monoisotopic (exact) mass is 341 g/mol. The van der Waals surface area contributed by atoms with Gasteiger partial charge in [0.05, 0.1) is 0 Å². The van der Waals surface area contributed by atoms with E-state index in [-0.39, 0.29) is 41.1 Å². The summed E-state index contributed by atoms with van der Waals surface area (Å²) in [5, 5.41) is 2.58. The van der Waals surface area contributed by atoms with Gasteiger partial charge in [0, 0.05) is 29.7 Å². The third kappa shape index (κ3) is 5.64. The highest BCUT2D eigenvalue weighted by Crippen LogP contribution is 2.37. The van der Waals surface area contributed by atoms with Crippen LogP contribution in [0.3, 0.4) is 0 Å². The van der Waals surface area contributed by atoms with Gasteiger partial charge in [-0.2, -0.15) is 13.2 Å². The Labute approximate surface area is 130 Å². The van der Waals surface area contributed by atoms with Crippen molar-refractivity contribution in [3.63, 3.8) is 0 Å². The van der Waals surface area contributed by atoms with Gasteiger partial charge in [0.2, 0.25) is 0 Å². The Kier molecular flexibility index (Phi) is 6.18. The molecule has 1 aromatic rings. The van der Waals surface area contributed by atoms with Crippen molar-refractivity contribution in [2.24, 2.45) is 5.73 Å². The van der Waals surface area contributed by atoms with Crippen LogP contribution in [-0.2, 0) is 0 Å². The van der Waals surface area contributed by atoms with Gasteiger partial charge in [-0.1, -0.05) is 6.07 Å². The number of nitrogens with one attached hydrogen (secondary N) is 1. The molecule has 1 heterocycles. The second-order valence-corrected chi connectivity index (χ2v) is 5.64. The summed E-state index contributed by atoms with van der Waals surface area (Å²) in [7, 11) is 0. The second-order valence-electron chi connectivity index (χ2n) is 4.50. The summed E-state index contributed by atoms with van der Waals surface area (Å²) >= 11 is -0.210. The molecule has 1 saturated heterocycles. The summed E-state index contributed by atoms with van der Waals surface area (Å²) in [6, 6.07) is 5.29. The zero-order valence-electron chi connectivity index (χ0n) is 10.9. The number of halogens is 4. The van der Waals surface area contributed by atoms with E-state index in [4.69, 9.17) is 5.73 Å². The Morgan fingerprint density at radius 3 is 2.71 bits per heavy atom. The highest BCUT2D eigenvalue weighted by molar-refractivity contribution is 8.00. The molecule has 1 aliphatic rings. The van der Waals surface area contributed by atoms with Crippen molar-refractivity contribution in [2.75, 3.05) is 18.4 Å². The van der Waals surface area contributed by atoms with Crippen LogP contribution >= 0.6 is 24.2 Å². The third-order valence-electron chi connectivity index (χ3n) is 2.83. The van der Waals surface area contributed by atoms with E-state index >= 15 is 0 Å². The fourth-order valence-corrected chi connectivity index (χ4v) is 2.55. The summed E-state index contributed by atoms with van der Waals surface area (Å²) in [4.78, 5) is 13.5. The third-order valence-corrected chi connectivity index (χ3v) is 3.55. The van der Waals surface area contributed by atoms with Gasteiger partial charge in [0.15, 0.2) is 0 Å². The molecule has 0 radical (unpaired) electrons. The summed E-state index contributed by atoms with van der Waals surface area (Å²) in [6.45, 7) is 1.02. The Hall–Kier alpha value is -1.12. The lowest BCUT2D eigenvalue weighted by atomic mass is 10.3. The zero-order chi connectivity index (χ0) is 14.8. The molecule has 3 N–H and O–H groups in total. The number of anilines is 1. The van der Waals surface area contributed by atoms with E-state index in [1.165, 1.54) is 18.2 Å². The first-order valence-corrected chi connectivity index (χ1v) is 6.82. The Morgan fingerprint density at radius 1 is 1.43 bits per heavy atom. The van der Waals surface area contributed by atoms with Gasteiger partial charge < -0.3 is 16.0 Å². The van der Waals surface area contributed by atoms with Crippen molar-refractivity contribution in [2.45, 2.75) is 22.9 Å². The average molecular weight is 342 g/mol. The molecule has 0 spiro atoms. The fourth-order valence-electron chi connectivity index (χ4n) is 1.95. The van der Waals surface area contributed by atoms with Crippen LogP contribution in [0.1, 0.15) is 6.42 Å². The topological polar surface area (TPSA) is 58.4 Å². The predicted molar refractivity (Wildman–Crippen MR) is 78.8 cm³/mol. The van der Waals surface area contributed by atoms with E-state index in [0.717, 1.165) is 6.42 Å². The predicted octanol–water partition coefficient (Wildman–Crippen LogP) is 3.29. The van der Waals surface area contributed by atoms with Crippen LogP contribution in [0, 0.1) is 0 Å². The molecule has 0 bridgehead atoms. The normalized spacial score (nSPS) is 18.3. The highest BCUT2D eigenvalue weighted by atomic mass is 35.5. The SMILES string of the molecule is Cl.NC1CCN(C(=O)Nc2cccc(SC(F)(F)F)c2)C1. The number of nitrogens with zero attached hydrogens (tertiary/aromatic N) is 1. The zero-order valence-corrected chi connectivity index (χ0v) is 12.5. The van der Waals surface area contributed by atoms with Gasteiger partial charge in [-0.3, -0.25) is 0 Å². The smallest absolute Gasteiger partial charge is 0.326 e. The average Bonchev–Trinajstić information content (AvgIpc) is 2.74. The van der Waals surface area contributed by atoms with Gasteiger partial charge in [0.25, 0.3) is 0 Å². The maximum atomic E-state index is 12.3. The van der Waals surface area contributed by atoms with Crippen molar-refractivity contribution in [1.82, 2.24) is 4.90 Å². The molecule has 2 rings (SSSR count). The first kappa shape index (κ1) is 17.9. The lowest BCUT2D eigenvalue weighted by molar-refractivity contribution is -0.0328. The minimum atomic E-state index is -4.34. The molecule has 0 aromatic heterocycles. The van der Waals surface area contributed by atoms with Gasteiger partial charge in [-0.05, 0) is 36.4 Å². The van der Waals surface area contributed by atoms with Crippen LogP contribution in [0.5, 0.6) is 0 Å². The minimum Gasteiger partial charge on any atom is -0.326 e. The van der Waals surface area contributed by atoms with Crippen molar-refractivity contribution >= 4 is 35.9 Å². The molecule has 1 unspecified atom stereocenters. The van der Waals surface area contributed by atoms with E-state index in [1.54, 1.807) is 11.0 Å². The van der Waals surface area contributed by atoms with E-state index < -0.39 is 5.51 Å². The van der Waals surface area contributed by atoms with Crippen molar-refractivity contribution in [3.8, 4) is 0 Å². The van der Waals surface area contributed by atoms with E-state index in [9.17, 15) is 18.0 Å². The van der Waals surface area contributed by atoms with Crippen molar-refractivity contribution in [1.29, 1.82) is 0 Å². The summed E-state index contributed by atoms with van der Waals surface area (Å²) in [5.41, 5.74) is 1.69. The lowest BCUT2D eigenvalue weighted by Crippen LogP contribution is -2.35. The molecule has 0 aliphatic carbocycles. The number of nitrogens with two attached hydrogens (primary N) is 1. The van der Waals surface area contributed by atoms with Crippen molar-refractivity contribution in [3.05, 3.63) is 24.3 Å². The summed E-state index contributed by atoms with van der Waals surface area (Å²) in [6.07, 6.45) is 0.734. The molecular formula is C12H15ClF3N3OS. The molecule has 21 heavy (non-hydrogen) atoms. The maximum Gasteiger partial charge on any atom is 0.446 e. The highest BCUT2D eigenvalue weighted by Gasteiger charge is 2.29. The number of hydrogen-bond acceptors (Lipinski definition) is 3. The van der Waals surface area contributed by atoms with Gasteiger partial charge in [0.1, 0.15) is 0 Å². The van der Waals surface area contributed by atoms with Crippen molar-refractivity contribution < 1.29 is 18.0 Å². The largest absolute Gasteiger partial charge is 0.446 e. The molecule has 118 valence electrons. The molecule has 1 atom stereocenters. The number of carbonyl (C=O) groups is 1. The number of rotatable bonds is 2. The van der Waals surface area contributed by atoms with Crippen LogP contribution < -0.4 is 11.1 Å². The Morgan fingerprint density at radius 2 is 2.14 bits per heavy atom. The Balaban J connectivity index is 0.00000220. The quantitative estimate of drug-likeness (QED) is 0.812. The van der Waals surface area contributed by atoms with Gasteiger partial charge in [-0.15, -0.1) is 12.4 Å². The fraction of sp³-hybridized carbons (Fsp3) is 0.417. The molecule has 1 aromatic carbocycles. The molecule has 2 amide bonds. The number of urea groups is 1. The number of benzene rings is 1. The van der Waals surface area contributed by atoms with E-state index in [0.29, 0.717) is 18.8 Å². The second kappa shape index (κ2) is 7.24. The molecule has 4 nitrogen and oxygen atoms in total. The molecule has 1 fully saturated rings. The molecule has 0 saturated carbocycles. The summed E-state index contributed by atoms with van der Waals surface area (Å²) < 4.78 is 36.8. The molecule has 9 heteroatoms. The van der Waals surface area contributed by atoms with Crippen LogP contribution in [0.15, 0.2) is 29.2 Å². The number of likely N-dealkylation sites (tertiary alicyclic amines) is 1. The minimum absolute atomic E-state index is 0. The van der Waals surface area contributed by atoms with E-state index in [1.807, 2.05) is 0 Å². The summed E-state index contributed by atoms with van der Waals surface area (Å²) in [5.74, 6) is 0.